The number of nitrogens with one attached hydrogen (secondary N) is 1. The van der Waals surface area contributed by atoms with Crippen LogP contribution in [0.1, 0.15) is 30.7 Å². The van der Waals surface area contributed by atoms with E-state index in [1.807, 2.05) is 0 Å². The molecular weight excluding hydrogens is 538 g/mol. The number of hydrogen-bond donors (Lipinski definition) is 1. The van der Waals surface area contributed by atoms with Gasteiger partial charge in [0.2, 0.25) is 0 Å². The van der Waals surface area contributed by atoms with Crippen LogP contribution in [0.25, 0.3) is 4.85 Å². The van der Waals surface area contributed by atoms with Crippen molar-refractivity contribution in [1.82, 2.24) is 4.98 Å². The van der Waals surface area contributed by atoms with E-state index in [4.69, 9.17) is 6.57 Å². The Morgan fingerprint density at radius 3 is 2.24 bits per heavy atom. The van der Waals surface area contributed by atoms with Gasteiger partial charge in [-0.15, -0.1) is 13.2 Å². The molecule has 1 aromatic heterocycles. The van der Waals surface area contributed by atoms with Crippen LogP contribution in [0.2, 0.25) is 0 Å². The molecule has 0 fully saturated rings. The number of aromatic nitrogens is 1. The molecule has 1 aliphatic heterocycles. The molecule has 0 spiro atoms. The second-order valence-corrected chi connectivity index (χ2v) is 10.6. The first kappa shape index (κ1) is 27.1. The van der Waals surface area contributed by atoms with Crippen molar-refractivity contribution in [2.75, 3.05) is 9.62 Å². The first-order chi connectivity index (χ1) is 17.5. The summed E-state index contributed by atoms with van der Waals surface area (Å²) in [4.78, 5) is 6.79. The summed E-state index contributed by atoms with van der Waals surface area (Å²) in [6.07, 6.45) is -9.73. The van der Waals surface area contributed by atoms with Crippen molar-refractivity contribution in [2.24, 2.45) is 0 Å². The summed E-state index contributed by atoms with van der Waals surface area (Å²) in [5.41, 5.74) is -1.60. The van der Waals surface area contributed by atoms with Crippen molar-refractivity contribution in [3.63, 3.8) is 0 Å². The highest BCUT2D eigenvalue weighted by molar-refractivity contribution is 7.92. The van der Waals surface area contributed by atoms with Crippen molar-refractivity contribution in [3.8, 4) is 5.75 Å². The number of pyridine rings is 1. The maximum absolute atomic E-state index is 13.7. The molecule has 7 nitrogen and oxygen atoms in total. The summed E-state index contributed by atoms with van der Waals surface area (Å²) < 4.78 is 110. The highest BCUT2D eigenvalue weighted by Crippen LogP contribution is 2.42. The number of nitrogens with zero attached hydrogens (tertiary/aromatic N) is 3. The zero-order valence-electron chi connectivity index (χ0n) is 19.6. The summed E-state index contributed by atoms with van der Waals surface area (Å²) in [6.45, 7) is 10.2. The number of fused-ring (bicyclic) bond motifs is 2. The van der Waals surface area contributed by atoms with Gasteiger partial charge in [0.15, 0.2) is 0 Å². The number of benzene rings is 2. The maximum atomic E-state index is 13.7. The molecule has 200 valence electrons. The van der Waals surface area contributed by atoms with Crippen LogP contribution in [0.5, 0.6) is 5.75 Å². The van der Waals surface area contributed by atoms with Crippen molar-refractivity contribution in [3.05, 3.63) is 82.8 Å². The zero-order chi connectivity index (χ0) is 28.1. The van der Waals surface area contributed by atoms with Crippen LogP contribution in [0, 0.1) is 6.57 Å². The lowest BCUT2D eigenvalue weighted by Crippen LogP contribution is -2.30. The number of anilines is 3. The van der Waals surface area contributed by atoms with Crippen LogP contribution in [-0.4, -0.2) is 19.8 Å². The normalized spacial score (nSPS) is 14.0. The third-order valence-electron chi connectivity index (χ3n) is 5.73. The quantitative estimate of drug-likeness (QED) is 0.289. The number of rotatable bonds is 4. The van der Waals surface area contributed by atoms with Gasteiger partial charge >= 0.3 is 12.5 Å². The Kier molecular flexibility index (Phi) is 6.47. The monoisotopic (exact) mass is 556 g/mol. The van der Waals surface area contributed by atoms with Crippen molar-refractivity contribution < 1.29 is 39.5 Å². The molecule has 2 heterocycles. The fourth-order valence-electron chi connectivity index (χ4n) is 3.69. The minimum absolute atomic E-state index is 0.0152. The van der Waals surface area contributed by atoms with E-state index in [-0.39, 0.29) is 22.8 Å². The highest BCUT2D eigenvalue weighted by atomic mass is 32.2. The first-order valence-electron chi connectivity index (χ1n) is 10.8. The molecule has 14 heteroatoms. The molecule has 1 aliphatic rings. The molecule has 0 atom stereocenters. The van der Waals surface area contributed by atoms with Crippen LogP contribution in [-0.2, 0) is 28.3 Å². The Morgan fingerprint density at radius 1 is 1.00 bits per heavy atom. The molecular formula is C24H18F6N4O3S. The molecule has 0 radical (unpaired) electrons. The molecule has 0 amide bonds. The van der Waals surface area contributed by atoms with Gasteiger partial charge in [-0.2, -0.15) is 13.2 Å². The minimum atomic E-state index is -4.98. The van der Waals surface area contributed by atoms with E-state index in [0.29, 0.717) is 5.56 Å². The number of sulfonamides is 1. The predicted octanol–water partition coefficient (Wildman–Crippen LogP) is 6.61. The van der Waals surface area contributed by atoms with Gasteiger partial charge in [-0.05, 0) is 48.5 Å². The van der Waals surface area contributed by atoms with Gasteiger partial charge in [-0.3, -0.25) is 4.31 Å². The Hall–Kier alpha value is -3.99. The molecule has 4 rings (SSSR count). The van der Waals surface area contributed by atoms with E-state index in [1.54, 1.807) is 13.8 Å². The van der Waals surface area contributed by atoms with Gasteiger partial charge in [0.1, 0.15) is 17.3 Å². The molecule has 0 saturated heterocycles. The minimum Gasteiger partial charge on any atom is -0.406 e. The van der Waals surface area contributed by atoms with Crippen LogP contribution < -0.4 is 14.4 Å². The summed E-state index contributed by atoms with van der Waals surface area (Å²) in [7, 11) is -4.48. The van der Waals surface area contributed by atoms with Crippen molar-refractivity contribution in [1.29, 1.82) is 0 Å². The fourth-order valence-corrected chi connectivity index (χ4v) is 5.15. The first-order valence-corrected chi connectivity index (χ1v) is 12.2. The molecule has 2 aromatic carbocycles. The van der Waals surface area contributed by atoms with E-state index in [0.717, 1.165) is 40.7 Å². The Labute approximate surface area is 213 Å². The number of alkyl halides is 6. The van der Waals surface area contributed by atoms with E-state index >= 15 is 0 Å². The standard InChI is InChI=1S/C24H18F6N4O3S/c1-22(2,31-3)15-5-10-18-19(12-15)34(13-14-4-11-20(23(25,26)27)33-21(14)32-18)38(35,36)17-8-6-16(7-9-17)37-24(28,29)30/h4-12H,13H2,1-2H3,(H,32,33). The topological polar surface area (TPSA) is 75.9 Å². The largest absolute Gasteiger partial charge is 0.573 e. The zero-order valence-corrected chi connectivity index (χ0v) is 20.5. The maximum Gasteiger partial charge on any atom is 0.573 e. The van der Waals surface area contributed by atoms with Gasteiger partial charge in [-0.25, -0.2) is 20.0 Å². The van der Waals surface area contributed by atoms with Crippen molar-refractivity contribution >= 4 is 27.2 Å². The molecule has 1 N–H and O–H groups in total. The highest BCUT2D eigenvalue weighted by Gasteiger charge is 2.37. The number of halogens is 6. The second kappa shape index (κ2) is 9.09. The van der Waals surface area contributed by atoms with Crippen LogP contribution in [0.4, 0.5) is 43.5 Å². The summed E-state index contributed by atoms with van der Waals surface area (Å²) in [6, 6.07) is 9.72. The van der Waals surface area contributed by atoms with Gasteiger partial charge < -0.3 is 14.9 Å². The second-order valence-electron chi connectivity index (χ2n) is 8.76. The van der Waals surface area contributed by atoms with E-state index in [2.05, 4.69) is 19.9 Å². The van der Waals surface area contributed by atoms with Gasteiger partial charge in [0.25, 0.3) is 15.6 Å². The lowest BCUT2D eigenvalue weighted by Gasteiger charge is -2.26. The molecule has 0 bridgehead atoms. The van der Waals surface area contributed by atoms with Gasteiger partial charge in [-0.1, -0.05) is 6.07 Å². The van der Waals surface area contributed by atoms with Crippen molar-refractivity contribution in [2.45, 2.75) is 43.4 Å². The molecule has 0 aliphatic carbocycles. The van der Waals surface area contributed by atoms with Gasteiger partial charge in [0.05, 0.1) is 22.8 Å². The third kappa shape index (κ3) is 5.33. The third-order valence-corrected chi connectivity index (χ3v) is 7.51. The van der Waals surface area contributed by atoms with Crippen LogP contribution in [0.3, 0.4) is 0 Å². The SMILES string of the molecule is [C-]#[N+]C(C)(C)c1ccc2c(c1)N(S(=O)(=O)c1ccc(OC(F)(F)F)cc1)Cc1ccc(C(F)(F)F)nc1N2. The average molecular weight is 556 g/mol. The van der Waals surface area contributed by atoms with E-state index < -0.39 is 51.0 Å². The predicted molar refractivity (Wildman–Crippen MR) is 125 cm³/mol. The Balaban J connectivity index is 1.87. The number of ether oxygens (including phenoxy) is 1. The molecule has 0 saturated carbocycles. The Bertz CT molecular complexity index is 1530. The lowest BCUT2D eigenvalue weighted by molar-refractivity contribution is -0.274. The number of hydrogen-bond acceptors (Lipinski definition) is 5. The lowest BCUT2D eigenvalue weighted by atomic mass is 9.94. The molecule has 0 unspecified atom stereocenters. The van der Waals surface area contributed by atoms with Crippen LogP contribution >= 0.6 is 0 Å². The molecule has 3 aromatic rings. The Morgan fingerprint density at radius 2 is 1.66 bits per heavy atom. The smallest absolute Gasteiger partial charge is 0.406 e. The summed E-state index contributed by atoms with van der Waals surface area (Å²) in [5.74, 6) is -0.852. The summed E-state index contributed by atoms with van der Waals surface area (Å²) >= 11 is 0. The van der Waals surface area contributed by atoms with E-state index in [1.165, 1.54) is 18.2 Å². The van der Waals surface area contributed by atoms with Gasteiger partial charge in [0, 0.05) is 25.0 Å². The summed E-state index contributed by atoms with van der Waals surface area (Å²) in [5, 5.41) is 2.76. The van der Waals surface area contributed by atoms with E-state index in [9.17, 15) is 34.8 Å². The average Bonchev–Trinajstić information content (AvgIpc) is 2.99. The van der Waals surface area contributed by atoms with Crippen LogP contribution in [0.15, 0.2) is 59.5 Å². The fraction of sp³-hybridized carbons (Fsp3) is 0.250. The molecule has 38 heavy (non-hydrogen) atoms.